The minimum Gasteiger partial charge on any atom is -0.507 e. The molecule has 0 bridgehead atoms. The maximum atomic E-state index is 15.6. The Morgan fingerprint density at radius 3 is 2.37 bits per heavy atom. The van der Waals surface area contributed by atoms with Crippen LogP contribution in [-0.4, -0.2) is 41.6 Å². The summed E-state index contributed by atoms with van der Waals surface area (Å²) in [6, 6.07) is 8.02. The molecule has 1 aromatic heterocycles. The number of aromatic carboxylic acids is 1. The third kappa shape index (κ3) is 3.78. The molecule has 0 unspecified atom stereocenters. The van der Waals surface area contributed by atoms with Crippen LogP contribution in [0.15, 0.2) is 42.5 Å². The highest BCUT2D eigenvalue weighted by Gasteiger charge is 2.45. The summed E-state index contributed by atoms with van der Waals surface area (Å²) in [6.45, 7) is 0.162. The summed E-state index contributed by atoms with van der Waals surface area (Å²) >= 11 is 0. The molecule has 0 amide bonds. The average Bonchev–Trinajstić information content (AvgIpc) is 3.18. The van der Waals surface area contributed by atoms with Gasteiger partial charge in [-0.15, -0.1) is 0 Å². The van der Waals surface area contributed by atoms with Crippen LogP contribution in [-0.2, 0) is 10.2 Å². The van der Waals surface area contributed by atoms with E-state index in [-0.39, 0.29) is 34.4 Å². The van der Waals surface area contributed by atoms with Gasteiger partial charge in [0.25, 0.3) is 0 Å². The van der Waals surface area contributed by atoms with Crippen LogP contribution in [0.25, 0.3) is 27.7 Å². The fraction of sp³-hybridized carbons (Fsp3) is 0.250. The van der Waals surface area contributed by atoms with E-state index in [1.165, 1.54) is 26.4 Å². The van der Waals surface area contributed by atoms with Crippen LogP contribution in [0.5, 0.6) is 11.5 Å². The number of rotatable bonds is 7. The van der Waals surface area contributed by atoms with E-state index in [0.29, 0.717) is 24.2 Å². The van der Waals surface area contributed by atoms with Gasteiger partial charge in [0.2, 0.25) is 0 Å². The molecule has 4 aromatic rings. The molecule has 0 radical (unpaired) electrons. The van der Waals surface area contributed by atoms with Crippen LogP contribution >= 0.6 is 0 Å². The number of ether oxygens (including phenoxy) is 2. The number of carboxylic acid groups (broad SMARTS) is 1. The molecule has 0 spiro atoms. The molecule has 1 aliphatic carbocycles. The van der Waals surface area contributed by atoms with Crippen LogP contribution in [0.2, 0.25) is 0 Å². The van der Waals surface area contributed by atoms with Crippen molar-refractivity contribution in [3.63, 3.8) is 0 Å². The first-order chi connectivity index (χ1) is 18.1. The van der Waals surface area contributed by atoms with Crippen molar-refractivity contribution in [1.82, 2.24) is 4.57 Å². The van der Waals surface area contributed by atoms with E-state index < -0.39 is 46.0 Å². The number of carboxylic acids is 1. The SMILES string of the molecule is COCC1(c2c(-c3ccc(C(=O)O)c(F)c3F)c3c(O)cc(F)cc3n2-c2ccc(F)c(OC)c2)CCC1. The van der Waals surface area contributed by atoms with E-state index in [1.54, 1.807) is 4.57 Å². The summed E-state index contributed by atoms with van der Waals surface area (Å²) in [5.74, 6) is -6.71. The van der Waals surface area contributed by atoms with Gasteiger partial charge in [-0.25, -0.2) is 22.4 Å². The van der Waals surface area contributed by atoms with E-state index in [1.807, 2.05) is 0 Å². The lowest BCUT2D eigenvalue weighted by Crippen LogP contribution is -2.41. The van der Waals surface area contributed by atoms with Crippen molar-refractivity contribution in [2.45, 2.75) is 24.7 Å². The molecule has 1 saturated carbocycles. The largest absolute Gasteiger partial charge is 0.507 e. The quantitative estimate of drug-likeness (QED) is 0.273. The van der Waals surface area contributed by atoms with Gasteiger partial charge in [-0.1, -0.05) is 12.5 Å². The van der Waals surface area contributed by atoms with Gasteiger partial charge >= 0.3 is 5.97 Å². The summed E-state index contributed by atoms with van der Waals surface area (Å²) in [5, 5.41) is 20.2. The fourth-order valence-corrected chi connectivity index (χ4v) is 5.42. The molecule has 10 heteroatoms. The molecule has 0 aliphatic heterocycles. The van der Waals surface area contributed by atoms with Crippen LogP contribution in [0.1, 0.15) is 35.3 Å². The Morgan fingerprint density at radius 1 is 1.03 bits per heavy atom. The fourth-order valence-electron chi connectivity index (χ4n) is 5.42. The molecule has 1 aliphatic rings. The van der Waals surface area contributed by atoms with Gasteiger partial charge < -0.3 is 24.3 Å². The van der Waals surface area contributed by atoms with Crippen LogP contribution in [0, 0.1) is 23.3 Å². The average molecular weight is 529 g/mol. The van der Waals surface area contributed by atoms with Crippen molar-refractivity contribution in [1.29, 1.82) is 0 Å². The van der Waals surface area contributed by atoms with Crippen molar-refractivity contribution in [3.8, 4) is 28.3 Å². The number of halogens is 4. The van der Waals surface area contributed by atoms with Gasteiger partial charge in [-0.3, -0.25) is 0 Å². The van der Waals surface area contributed by atoms with E-state index in [2.05, 4.69) is 0 Å². The van der Waals surface area contributed by atoms with E-state index in [4.69, 9.17) is 9.47 Å². The number of methoxy groups -OCH3 is 2. The summed E-state index contributed by atoms with van der Waals surface area (Å²) < 4.78 is 71.8. The Labute approximate surface area is 214 Å². The first-order valence-electron chi connectivity index (χ1n) is 11.8. The third-order valence-electron chi connectivity index (χ3n) is 7.22. The molecule has 38 heavy (non-hydrogen) atoms. The molecule has 1 fully saturated rings. The second-order valence-electron chi connectivity index (χ2n) is 9.36. The number of nitrogens with zero attached hydrogens (tertiary/aromatic N) is 1. The number of aromatic hydroxyl groups is 1. The van der Waals surface area contributed by atoms with Crippen molar-refractivity contribution >= 4 is 16.9 Å². The van der Waals surface area contributed by atoms with Gasteiger partial charge in [-0.05, 0) is 37.1 Å². The first-order valence-corrected chi connectivity index (χ1v) is 11.8. The highest BCUT2D eigenvalue weighted by Crippen LogP contribution is 2.53. The Bertz CT molecular complexity index is 1590. The second kappa shape index (κ2) is 9.36. The maximum Gasteiger partial charge on any atom is 0.338 e. The number of carbonyl (C=O) groups is 1. The predicted molar refractivity (Wildman–Crippen MR) is 131 cm³/mol. The molecular formula is C28H23F4NO5. The number of aromatic nitrogens is 1. The zero-order valence-corrected chi connectivity index (χ0v) is 20.4. The van der Waals surface area contributed by atoms with Gasteiger partial charge in [0.15, 0.2) is 23.2 Å². The lowest BCUT2D eigenvalue weighted by molar-refractivity contribution is 0.0690. The van der Waals surface area contributed by atoms with Gasteiger partial charge in [0, 0.05) is 47.2 Å². The molecule has 6 nitrogen and oxygen atoms in total. The summed E-state index contributed by atoms with van der Waals surface area (Å²) in [4.78, 5) is 11.4. The standard InChI is InChI=1S/C28H23F4NO5/c1-37-13-28(8-3-9-28)26-22(16-5-6-17(27(35)36)25(32)24(16)31)23-19(10-14(29)11-20(23)34)33(26)15-4-7-18(30)21(12-15)38-2/h4-7,10-12,34H,3,8-9,13H2,1-2H3,(H,35,36). The minimum atomic E-state index is -1.64. The smallest absolute Gasteiger partial charge is 0.338 e. The highest BCUT2D eigenvalue weighted by atomic mass is 19.2. The van der Waals surface area contributed by atoms with E-state index in [0.717, 1.165) is 36.8 Å². The number of hydrogen-bond acceptors (Lipinski definition) is 4. The molecule has 0 atom stereocenters. The number of phenols is 1. The van der Waals surface area contributed by atoms with Crippen molar-refractivity contribution < 1.29 is 42.0 Å². The molecule has 2 N–H and O–H groups in total. The predicted octanol–water partition coefficient (Wildman–Crippen LogP) is 6.33. The monoisotopic (exact) mass is 529 g/mol. The van der Waals surface area contributed by atoms with Crippen LogP contribution in [0.4, 0.5) is 17.6 Å². The van der Waals surface area contributed by atoms with E-state index in [9.17, 15) is 28.2 Å². The topological polar surface area (TPSA) is 80.9 Å². The van der Waals surface area contributed by atoms with Gasteiger partial charge in [-0.2, -0.15) is 0 Å². The lowest BCUT2D eigenvalue weighted by Gasteiger charge is -2.43. The zero-order chi connectivity index (χ0) is 27.4. The summed E-state index contributed by atoms with van der Waals surface area (Å²) in [6.07, 6.45) is 1.93. The Morgan fingerprint density at radius 2 is 1.76 bits per heavy atom. The van der Waals surface area contributed by atoms with E-state index >= 15 is 4.39 Å². The van der Waals surface area contributed by atoms with Gasteiger partial charge in [0.05, 0.1) is 30.2 Å². The molecule has 1 heterocycles. The normalized spacial score (nSPS) is 14.5. The zero-order valence-electron chi connectivity index (χ0n) is 20.4. The number of benzene rings is 3. The van der Waals surface area contributed by atoms with Crippen molar-refractivity contribution in [3.05, 3.63) is 77.0 Å². The Balaban J connectivity index is 1.99. The molecule has 3 aromatic carbocycles. The van der Waals surface area contributed by atoms with Gasteiger partial charge in [0.1, 0.15) is 11.6 Å². The number of phenolic OH excluding ortho intramolecular Hbond substituents is 1. The number of fused-ring (bicyclic) bond motifs is 1. The molecular weight excluding hydrogens is 506 g/mol. The number of hydrogen-bond donors (Lipinski definition) is 2. The molecule has 0 saturated heterocycles. The highest BCUT2D eigenvalue weighted by molar-refractivity contribution is 6.04. The van der Waals surface area contributed by atoms with Crippen molar-refractivity contribution in [2.75, 3.05) is 20.8 Å². The van der Waals surface area contributed by atoms with Crippen LogP contribution < -0.4 is 4.74 Å². The second-order valence-corrected chi connectivity index (χ2v) is 9.36. The lowest BCUT2D eigenvalue weighted by atomic mass is 9.65. The molecule has 5 rings (SSSR count). The minimum absolute atomic E-state index is 0.0217. The molecule has 198 valence electrons. The Kier molecular flexibility index (Phi) is 6.30. The maximum absolute atomic E-state index is 15.6. The third-order valence-corrected chi connectivity index (χ3v) is 7.22. The Hall–Kier alpha value is -4.05. The summed E-state index contributed by atoms with van der Waals surface area (Å²) in [5.41, 5.74) is -1.05. The first kappa shape index (κ1) is 25.6. The van der Waals surface area contributed by atoms with Crippen LogP contribution in [0.3, 0.4) is 0 Å². The summed E-state index contributed by atoms with van der Waals surface area (Å²) in [7, 11) is 2.78. The van der Waals surface area contributed by atoms with Crippen molar-refractivity contribution in [2.24, 2.45) is 0 Å².